The normalized spacial score (nSPS) is 24.3. The van der Waals surface area contributed by atoms with Crippen molar-refractivity contribution in [1.29, 1.82) is 0 Å². The summed E-state index contributed by atoms with van der Waals surface area (Å²) in [6.45, 7) is 5.90. The van der Waals surface area contributed by atoms with Gasteiger partial charge in [0, 0.05) is 17.5 Å². The summed E-state index contributed by atoms with van der Waals surface area (Å²) in [4.78, 5) is 43.7. The van der Waals surface area contributed by atoms with Gasteiger partial charge in [-0.15, -0.1) is 0 Å². The third-order valence-electron chi connectivity index (χ3n) is 8.88. The number of hydrogen-bond donors (Lipinski definition) is 1. The average Bonchev–Trinajstić information content (AvgIpc) is 3.13. The van der Waals surface area contributed by atoms with Crippen molar-refractivity contribution in [3.05, 3.63) is 130 Å². The van der Waals surface area contributed by atoms with Crippen LogP contribution in [0.4, 0.5) is 11.4 Å². The number of carbonyl (C=O) groups excluding carboxylic acids is 3. The van der Waals surface area contributed by atoms with Gasteiger partial charge in [-0.05, 0) is 78.4 Å². The fourth-order valence-corrected chi connectivity index (χ4v) is 7.45. The molecule has 1 fully saturated rings. The maximum Gasteiger partial charge on any atom is 0.257 e. The van der Waals surface area contributed by atoms with Gasteiger partial charge in [-0.3, -0.25) is 14.4 Å². The van der Waals surface area contributed by atoms with Gasteiger partial charge in [0.15, 0.2) is 0 Å². The van der Waals surface area contributed by atoms with E-state index in [2.05, 4.69) is 29.6 Å². The minimum absolute atomic E-state index is 0.217. The predicted octanol–water partition coefficient (Wildman–Crippen LogP) is 6.34. The molecule has 0 aromatic heterocycles. The monoisotopic (exact) mass is 512 g/mol. The molecule has 1 aliphatic heterocycles. The Hall–Kier alpha value is -4.51. The molecule has 1 saturated heterocycles. The lowest BCUT2D eigenvalue weighted by molar-refractivity contribution is -0.128. The second-order valence-electron chi connectivity index (χ2n) is 11.3. The second kappa shape index (κ2) is 8.24. The Balaban J connectivity index is 1.34. The SMILES string of the molecule is Cc1cc(C)cc(NC(=O)c2ccccc2N2C(=O)[C@H]3C4c5ccccc5C(c5ccccc54)[C@]3(C)C2=O)c1. The van der Waals surface area contributed by atoms with E-state index in [-0.39, 0.29) is 29.6 Å². The number of amides is 3. The molecule has 4 aliphatic rings. The highest BCUT2D eigenvalue weighted by Crippen LogP contribution is 2.67. The molecule has 0 unspecified atom stereocenters. The lowest BCUT2D eigenvalue weighted by Crippen LogP contribution is -2.49. The summed E-state index contributed by atoms with van der Waals surface area (Å²) in [5.74, 6) is -1.85. The second-order valence-corrected chi connectivity index (χ2v) is 11.3. The molecule has 1 N–H and O–H groups in total. The molecular weight excluding hydrogens is 484 g/mol. The summed E-state index contributed by atoms with van der Waals surface area (Å²) < 4.78 is 0. The summed E-state index contributed by atoms with van der Waals surface area (Å²) in [6, 6.07) is 29.1. The Kier molecular flexibility index (Phi) is 4.99. The van der Waals surface area contributed by atoms with Crippen LogP contribution in [0.3, 0.4) is 0 Å². The number of hydrogen-bond acceptors (Lipinski definition) is 3. The number of aryl methyl sites for hydroxylation is 2. The van der Waals surface area contributed by atoms with E-state index in [0.717, 1.165) is 33.4 Å². The molecule has 5 nitrogen and oxygen atoms in total. The van der Waals surface area contributed by atoms with Crippen molar-refractivity contribution in [3.63, 3.8) is 0 Å². The number of para-hydroxylation sites is 1. The molecule has 2 atom stereocenters. The van der Waals surface area contributed by atoms with Crippen LogP contribution < -0.4 is 10.2 Å². The Morgan fingerprint density at radius 3 is 1.92 bits per heavy atom. The largest absolute Gasteiger partial charge is 0.322 e. The number of imide groups is 1. The molecule has 0 spiro atoms. The van der Waals surface area contributed by atoms with Gasteiger partial charge >= 0.3 is 0 Å². The molecule has 39 heavy (non-hydrogen) atoms. The number of anilines is 2. The zero-order valence-corrected chi connectivity index (χ0v) is 22.1. The Labute approximate surface area is 227 Å². The molecule has 192 valence electrons. The topological polar surface area (TPSA) is 66.5 Å². The quantitative estimate of drug-likeness (QED) is 0.326. The predicted molar refractivity (Wildman–Crippen MR) is 151 cm³/mol. The van der Waals surface area contributed by atoms with Crippen LogP contribution in [0.15, 0.2) is 91.0 Å². The molecule has 1 heterocycles. The van der Waals surface area contributed by atoms with E-state index >= 15 is 0 Å². The van der Waals surface area contributed by atoms with Crippen LogP contribution in [0, 0.1) is 25.2 Å². The van der Waals surface area contributed by atoms with Gasteiger partial charge in [-0.25, -0.2) is 4.90 Å². The summed E-state index contributed by atoms with van der Waals surface area (Å²) in [5, 5.41) is 2.98. The lowest BCUT2D eigenvalue weighted by Gasteiger charge is -2.51. The molecule has 4 aromatic rings. The summed E-state index contributed by atoms with van der Waals surface area (Å²) in [5.41, 5.74) is 6.89. The van der Waals surface area contributed by atoms with Crippen molar-refractivity contribution in [3.8, 4) is 0 Å². The van der Waals surface area contributed by atoms with Crippen molar-refractivity contribution < 1.29 is 14.4 Å². The molecule has 0 saturated carbocycles. The zero-order valence-electron chi connectivity index (χ0n) is 22.1. The van der Waals surface area contributed by atoms with Crippen molar-refractivity contribution in [2.24, 2.45) is 11.3 Å². The van der Waals surface area contributed by atoms with Gasteiger partial charge < -0.3 is 5.32 Å². The average molecular weight is 513 g/mol. The van der Waals surface area contributed by atoms with E-state index in [0.29, 0.717) is 16.9 Å². The molecule has 4 aromatic carbocycles. The molecule has 3 aliphatic carbocycles. The smallest absolute Gasteiger partial charge is 0.257 e. The highest BCUT2D eigenvalue weighted by atomic mass is 16.2. The lowest BCUT2D eigenvalue weighted by atomic mass is 9.48. The van der Waals surface area contributed by atoms with Crippen LogP contribution in [0.1, 0.15) is 62.5 Å². The third kappa shape index (κ3) is 3.16. The van der Waals surface area contributed by atoms with E-state index in [4.69, 9.17) is 0 Å². The van der Waals surface area contributed by atoms with Crippen LogP contribution in [-0.4, -0.2) is 17.7 Å². The highest BCUT2D eigenvalue weighted by molar-refractivity contribution is 6.27. The van der Waals surface area contributed by atoms with Crippen molar-refractivity contribution in [1.82, 2.24) is 0 Å². The maximum atomic E-state index is 14.5. The number of nitrogens with one attached hydrogen (secondary N) is 1. The van der Waals surface area contributed by atoms with Gasteiger partial charge in [-0.1, -0.05) is 66.7 Å². The number of rotatable bonds is 3. The van der Waals surface area contributed by atoms with E-state index in [1.54, 1.807) is 24.3 Å². The van der Waals surface area contributed by atoms with Gasteiger partial charge in [0.05, 0.1) is 22.6 Å². The number of carbonyl (C=O) groups is 3. The molecule has 0 radical (unpaired) electrons. The van der Waals surface area contributed by atoms with E-state index < -0.39 is 11.3 Å². The first-order valence-corrected chi connectivity index (χ1v) is 13.4. The standard InChI is InChI=1S/C34H28N2O3/c1-19-16-20(2)18-21(17-19)35-31(37)26-14-8-9-15-27(26)36-32(38)30-28-22-10-4-6-12-24(22)29(34(30,3)33(36)39)25-13-7-5-11-23(25)28/h4-18,28-30H,1-3H3,(H,35,37)/t28?,29?,30-,34+/m1/s1. The molecule has 5 heteroatoms. The maximum absolute atomic E-state index is 14.5. The van der Waals surface area contributed by atoms with Gasteiger partial charge in [-0.2, -0.15) is 0 Å². The minimum Gasteiger partial charge on any atom is -0.322 e. The summed E-state index contributed by atoms with van der Waals surface area (Å²) in [6.07, 6.45) is 0. The van der Waals surface area contributed by atoms with Gasteiger partial charge in [0.1, 0.15) is 0 Å². The van der Waals surface area contributed by atoms with Crippen LogP contribution in [-0.2, 0) is 9.59 Å². The van der Waals surface area contributed by atoms with Crippen molar-refractivity contribution >= 4 is 29.1 Å². The van der Waals surface area contributed by atoms with E-state index in [9.17, 15) is 14.4 Å². The molecule has 2 bridgehead atoms. The van der Waals surface area contributed by atoms with Crippen LogP contribution >= 0.6 is 0 Å². The number of nitrogens with zero attached hydrogens (tertiary/aromatic N) is 1. The zero-order chi connectivity index (χ0) is 27.1. The first-order chi connectivity index (χ1) is 18.8. The Morgan fingerprint density at radius 1 is 0.769 bits per heavy atom. The first-order valence-electron chi connectivity index (χ1n) is 13.4. The summed E-state index contributed by atoms with van der Waals surface area (Å²) in [7, 11) is 0. The van der Waals surface area contributed by atoms with Crippen LogP contribution in [0.2, 0.25) is 0 Å². The fraction of sp³-hybridized carbons (Fsp3) is 0.206. The molecule has 3 amide bonds. The van der Waals surface area contributed by atoms with Crippen LogP contribution in [0.5, 0.6) is 0 Å². The van der Waals surface area contributed by atoms with E-state index in [1.165, 1.54) is 4.90 Å². The Morgan fingerprint density at radius 2 is 1.31 bits per heavy atom. The van der Waals surface area contributed by atoms with Gasteiger partial charge in [0.2, 0.25) is 11.8 Å². The fourth-order valence-electron chi connectivity index (χ4n) is 7.45. The highest BCUT2D eigenvalue weighted by Gasteiger charge is 2.69. The third-order valence-corrected chi connectivity index (χ3v) is 8.88. The van der Waals surface area contributed by atoms with Gasteiger partial charge in [0.25, 0.3) is 5.91 Å². The Bertz CT molecular complexity index is 1660. The van der Waals surface area contributed by atoms with Crippen molar-refractivity contribution in [2.75, 3.05) is 10.2 Å². The first kappa shape index (κ1) is 23.6. The van der Waals surface area contributed by atoms with Crippen molar-refractivity contribution in [2.45, 2.75) is 32.6 Å². The van der Waals surface area contributed by atoms with E-state index in [1.807, 2.05) is 63.2 Å². The number of benzene rings is 4. The minimum atomic E-state index is -0.957. The van der Waals surface area contributed by atoms with Crippen LogP contribution in [0.25, 0.3) is 0 Å². The molecule has 8 rings (SSSR count). The summed E-state index contributed by atoms with van der Waals surface area (Å²) >= 11 is 0. The molecular formula is C34H28N2O3.